The van der Waals surface area contributed by atoms with Crippen LogP contribution in [0, 0.1) is 34.3 Å². The summed E-state index contributed by atoms with van der Waals surface area (Å²) in [6.07, 6.45) is 0. The van der Waals surface area contributed by atoms with Crippen LogP contribution in [0.2, 0.25) is 0 Å². The van der Waals surface area contributed by atoms with Crippen molar-refractivity contribution in [3.8, 4) is 46.3 Å². The minimum atomic E-state index is -0.628. The second kappa shape index (κ2) is 7.86. The van der Waals surface area contributed by atoms with Crippen molar-refractivity contribution in [2.24, 2.45) is 0 Å². The van der Waals surface area contributed by atoms with Crippen LogP contribution >= 0.6 is 0 Å². The molecule has 0 aliphatic heterocycles. The molecular formula is C23H11F2N5. The highest BCUT2D eigenvalue weighted by molar-refractivity contribution is 5.68. The van der Waals surface area contributed by atoms with Gasteiger partial charge in [-0.25, -0.2) is 23.7 Å². The maximum absolute atomic E-state index is 14.5. The lowest BCUT2D eigenvalue weighted by Crippen LogP contribution is -2.02. The first kappa shape index (κ1) is 18.9. The molecule has 0 saturated carbocycles. The van der Waals surface area contributed by atoms with Gasteiger partial charge in [0.1, 0.15) is 11.6 Å². The molecule has 0 aliphatic carbocycles. The molecule has 4 aromatic rings. The van der Waals surface area contributed by atoms with Crippen molar-refractivity contribution in [2.45, 2.75) is 0 Å². The SMILES string of the molecule is N#Cc1ccc(F)c(-c2nc(-c3ccccc3)nc(-c3cc(C#N)ccc3F)n2)c1. The van der Waals surface area contributed by atoms with E-state index in [9.17, 15) is 8.78 Å². The highest BCUT2D eigenvalue weighted by Gasteiger charge is 2.17. The van der Waals surface area contributed by atoms with Crippen LogP contribution in [-0.4, -0.2) is 15.0 Å². The first-order chi connectivity index (χ1) is 14.6. The summed E-state index contributed by atoms with van der Waals surface area (Å²) in [5.41, 5.74) is 1.06. The molecule has 0 fully saturated rings. The largest absolute Gasteiger partial charge is 0.208 e. The molecule has 1 heterocycles. The number of benzene rings is 3. The molecule has 0 aliphatic rings. The van der Waals surface area contributed by atoms with Crippen molar-refractivity contribution < 1.29 is 8.78 Å². The summed E-state index contributed by atoms with van der Waals surface area (Å²) in [7, 11) is 0. The number of nitriles is 2. The Morgan fingerprint density at radius 2 is 1.07 bits per heavy atom. The topological polar surface area (TPSA) is 86.2 Å². The lowest BCUT2D eigenvalue weighted by atomic mass is 10.1. The van der Waals surface area contributed by atoms with Crippen molar-refractivity contribution >= 4 is 0 Å². The van der Waals surface area contributed by atoms with Crippen LogP contribution in [0.3, 0.4) is 0 Å². The lowest BCUT2D eigenvalue weighted by Gasteiger charge is -2.10. The van der Waals surface area contributed by atoms with E-state index in [1.807, 2.05) is 18.2 Å². The van der Waals surface area contributed by atoms with Gasteiger partial charge in [-0.05, 0) is 36.4 Å². The fourth-order valence-electron chi connectivity index (χ4n) is 2.87. The van der Waals surface area contributed by atoms with E-state index in [-0.39, 0.29) is 39.7 Å². The molecule has 3 aromatic carbocycles. The molecule has 0 bridgehead atoms. The maximum atomic E-state index is 14.5. The third-order valence-electron chi connectivity index (χ3n) is 4.34. The van der Waals surface area contributed by atoms with Gasteiger partial charge in [0.15, 0.2) is 17.5 Å². The fraction of sp³-hybridized carbons (Fsp3) is 0. The zero-order chi connectivity index (χ0) is 21.1. The van der Waals surface area contributed by atoms with Gasteiger partial charge in [-0.3, -0.25) is 0 Å². The average Bonchev–Trinajstić information content (AvgIpc) is 2.80. The van der Waals surface area contributed by atoms with Gasteiger partial charge in [0.2, 0.25) is 0 Å². The molecule has 0 saturated heterocycles. The Morgan fingerprint density at radius 3 is 1.53 bits per heavy atom. The maximum Gasteiger partial charge on any atom is 0.167 e. The van der Waals surface area contributed by atoms with E-state index in [2.05, 4.69) is 15.0 Å². The van der Waals surface area contributed by atoms with Crippen LogP contribution in [-0.2, 0) is 0 Å². The second-order valence-electron chi connectivity index (χ2n) is 6.29. The van der Waals surface area contributed by atoms with Crippen molar-refractivity contribution in [1.82, 2.24) is 15.0 Å². The number of hydrogen-bond acceptors (Lipinski definition) is 5. The smallest absolute Gasteiger partial charge is 0.167 e. The van der Waals surface area contributed by atoms with E-state index < -0.39 is 11.6 Å². The van der Waals surface area contributed by atoms with Crippen molar-refractivity contribution in [3.63, 3.8) is 0 Å². The Morgan fingerprint density at radius 1 is 0.600 bits per heavy atom. The van der Waals surface area contributed by atoms with Crippen LogP contribution in [0.25, 0.3) is 34.2 Å². The molecule has 0 amide bonds. The van der Waals surface area contributed by atoms with Gasteiger partial charge in [0.25, 0.3) is 0 Å². The van der Waals surface area contributed by atoms with Gasteiger partial charge < -0.3 is 0 Å². The van der Waals surface area contributed by atoms with Crippen molar-refractivity contribution in [1.29, 1.82) is 10.5 Å². The molecule has 0 unspecified atom stereocenters. The van der Waals surface area contributed by atoms with Crippen molar-refractivity contribution in [2.75, 3.05) is 0 Å². The Hall–Kier alpha value is -4.49. The number of rotatable bonds is 3. The van der Waals surface area contributed by atoms with Gasteiger partial charge in [-0.1, -0.05) is 30.3 Å². The average molecular weight is 395 g/mol. The highest BCUT2D eigenvalue weighted by atomic mass is 19.1. The Kier molecular flexibility index (Phi) is 4.94. The summed E-state index contributed by atoms with van der Waals surface area (Å²) in [5, 5.41) is 18.3. The fourth-order valence-corrected chi connectivity index (χ4v) is 2.87. The summed E-state index contributed by atoms with van der Waals surface area (Å²) >= 11 is 0. The molecule has 4 rings (SSSR count). The van der Waals surface area contributed by atoms with E-state index >= 15 is 0 Å². The zero-order valence-corrected chi connectivity index (χ0v) is 15.3. The predicted octanol–water partition coefficient (Wildman–Crippen LogP) is 4.89. The normalized spacial score (nSPS) is 10.3. The molecule has 0 atom stereocenters. The third-order valence-corrected chi connectivity index (χ3v) is 4.34. The lowest BCUT2D eigenvalue weighted by molar-refractivity contribution is 0.628. The minimum Gasteiger partial charge on any atom is -0.208 e. The summed E-state index contributed by atoms with van der Waals surface area (Å²) in [6, 6.07) is 20.4. The van der Waals surface area contributed by atoms with Crippen LogP contribution < -0.4 is 0 Å². The van der Waals surface area contributed by atoms with Crippen LogP contribution in [0.5, 0.6) is 0 Å². The van der Waals surface area contributed by atoms with Crippen molar-refractivity contribution in [3.05, 3.63) is 89.5 Å². The van der Waals surface area contributed by atoms with Crippen LogP contribution in [0.4, 0.5) is 8.78 Å². The predicted molar refractivity (Wildman–Crippen MR) is 105 cm³/mol. The van der Waals surface area contributed by atoms with E-state index in [0.29, 0.717) is 5.56 Å². The molecular weight excluding hydrogens is 384 g/mol. The second-order valence-corrected chi connectivity index (χ2v) is 6.29. The summed E-state index contributed by atoms with van der Waals surface area (Å²) in [4.78, 5) is 12.9. The van der Waals surface area contributed by atoms with Gasteiger partial charge in [0.05, 0.1) is 34.4 Å². The van der Waals surface area contributed by atoms with E-state index in [4.69, 9.17) is 10.5 Å². The van der Waals surface area contributed by atoms with E-state index in [0.717, 1.165) is 12.1 Å². The van der Waals surface area contributed by atoms with Crippen LogP contribution in [0.1, 0.15) is 11.1 Å². The van der Waals surface area contributed by atoms with Gasteiger partial charge >= 0.3 is 0 Å². The molecule has 30 heavy (non-hydrogen) atoms. The van der Waals surface area contributed by atoms with Crippen LogP contribution in [0.15, 0.2) is 66.7 Å². The Labute approximate surface area is 170 Å². The molecule has 5 nitrogen and oxygen atoms in total. The number of halogens is 2. The highest BCUT2D eigenvalue weighted by Crippen LogP contribution is 2.28. The Bertz CT molecular complexity index is 1260. The Balaban J connectivity index is 2.00. The van der Waals surface area contributed by atoms with E-state index in [1.165, 1.54) is 24.3 Å². The third kappa shape index (κ3) is 3.60. The molecule has 1 aromatic heterocycles. The minimum absolute atomic E-state index is 0.00766. The number of nitrogens with zero attached hydrogens (tertiary/aromatic N) is 5. The first-order valence-corrected chi connectivity index (χ1v) is 8.80. The van der Waals surface area contributed by atoms with Gasteiger partial charge in [-0.2, -0.15) is 10.5 Å². The standard InChI is InChI=1S/C23H11F2N5/c24-19-8-6-14(12-26)10-17(19)22-28-21(16-4-2-1-3-5-16)29-23(30-22)18-11-15(13-27)7-9-20(18)25/h1-11H. The molecule has 0 spiro atoms. The number of hydrogen-bond donors (Lipinski definition) is 0. The number of aromatic nitrogens is 3. The summed E-state index contributed by atoms with van der Waals surface area (Å²) in [6.45, 7) is 0. The molecule has 142 valence electrons. The van der Waals surface area contributed by atoms with Gasteiger partial charge in [0, 0.05) is 5.56 Å². The first-order valence-electron chi connectivity index (χ1n) is 8.80. The summed E-state index contributed by atoms with van der Waals surface area (Å²) in [5.74, 6) is -1.14. The molecule has 7 heteroatoms. The van der Waals surface area contributed by atoms with Gasteiger partial charge in [-0.15, -0.1) is 0 Å². The molecule has 0 radical (unpaired) electrons. The zero-order valence-electron chi connectivity index (χ0n) is 15.3. The quantitative estimate of drug-likeness (QED) is 0.493. The monoisotopic (exact) mass is 395 g/mol. The molecule has 0 N–H and O–H groups in total. The summed E-state index contributed by atoms with van der Waals surface area (Å²) < 4.78 is 29.1. The van der Waals surface area contributed by atoms with E-state index in [1.54, 1.807) is 24.3 Å².